The summed E-state index contributed by atoms with van der Waals surface area (Å²) in [4.78, 5) is 8.84. The van der Waals surface area contributed by atoms with Crippen LogP contribution in [0.1, 0.15) is 0 Å². The molecule has 0 aliphatic heterocycles. The van der Waals surface area contributed by atoms with Gasteiger partial charge in [-0.25, -0.2) is 0 Å². The van der Waals surface area contributed by atoms with E-state index in [1.54, 1.807) is 0 Å². The van der Waals surface area contributed by atoms with E-state index in [0.29, 0.717) is 6.17 Å². The molecule has 0 bridgehead atoms. The highest BCUT2D eigenvalue weighted by Crippen LogP contribution is 1.87. The molecule has 0 spiro atoms. The summed E-state index contributed by atoms with van der Waals surface area (Å²) in [5.74, 6) is 0. The molecule has 0 unspecified atom stereocenters. The topological polar surface area (TPSA) is 46.2 Å². The highest BCUT2D eigenvalue weighted by Gasteiger charge is 2.11. The van der Waals surface area contributed by atoms with Crippen LogP contribution in [0.3, 0.4) is 0 Å². The van der Waals surface area contributed by atoms with Gasteiger partial charge in [0.15, 0.2) is 8.32 Å². The molecule has 0 aromatic carbocycles. The summed E-state index contributed by atoms with van der Waals surface area (Å²) in [5.41, 5.74) is 5.12. The quantitative estimate of drug-likeness (QED) is 0.449. The lowest BCUT2D eigenvalue weighted by Gasteiger charge is -2.07. The number of hydrogen-bond acceptors (Lipinski definition) is 2. The lowest BCUT2D eigenvalue weighted by molar-refractivity contribution is 0.551. The van der Waals surface area contributed by atoms with Gasteiger partial charge in [-0.05, 0) is 13.1 Å². The number of rotatable bonds is 1. The summed E-state index contributed by atoms with van der Waals surface area (Å²) in [5, 5.41) is 0. The third kappa shape index (κ3) is 4.14. The van der Waals surface area contributed by atoms with Gasteiger partial charge in [0.2, 0.25) is 0 Å². The molecule has 0 aromatic rings. The Labute approximate surface area is 39.1 Å². The Morgan fingerprint density at radius 3 is 1.83 bits per heavy atom. The van der Waals surface area contributed by atoms with Gasteiger partial charge < -0.3 is 10.5 Å². The molecule has 38 valence electrons. The largest absolute Gasteiger partial charge is 0.431 e. The maximum absolute atomic E-state index is 8.84. The molecule has 0 aromatic heterocycles. The zero-order valence-corrected chi connectivity index (χ0v) is 5.23. The van der Waals surface area contributed by atoms with Crippen LogP contribution in [0.4, 0.5) is 0 Å². The second-order valence-electron chi connectivity index (χ2n) is 2.02. The van der Waals surface area contributed by atoms with Crippen molar-refractivity contribution < 1.29 is 4.80 Å². The van der Waals surface area contributed by atoms with Crippen molar-refractivity contribution in [2.45, 2.75) is 13.1 Å². The molecule has 0 atom stereocenters. The fraction of sp³-hybridized carbons (Fsp3) is 1.00. The van der Waals surface area contributed by atoms with E-state index in [-0.39, 0.29) is 0 Å². The Bertz CT molecular complexity index is 40.5. The Hall–Kier alpha value is 0.137. The van der Waals surface area contributed by atoms with Gasteiger partial charge in [-0.2, -0.15) is 0 Å². The third-order valence-corrected chi connectivity index (χ3v) is 1.50. The second kappa shape index (κ2) is 1.73. The van der Waals surface area contributed by atoms with Crippen LogP contribution in [0, 0.1) is 0 Å². The van der Waals surface area contributed by atoms with Gasteiger partial charge in [-0.3, -0.25) is 0 Å². The molecule has 3 heteroatoms. The summed E-state index contributed by atoms with van der Waals surface area (Å²) >= 11 is 0. The van der Waals surface area contributed by atoms with Crippen LogP contribution >= 0.6 is 0 Å². The van der Waals surface area contributed by atoms with Crippen molar-refractivity contribution in [3.05, 3.63) is 0 Å². The lowest BCUT2D eigenvalue weighted by atomic mass is 11.5. The molecule has 0 aliphatic rings. The minimum absolute atomic E-state index is 0.465. The first-order chi connectivity index (χ1) is 2.56. The molecule has 3 N–H and O–H groups in total. The predicted octanol–water partition coefficient (Wildman–Crippen LogP) is -0.318. The van der Waals surface area contributed by atoms with Gasteiger partial charge in [0, 0.05) is 6.17 Å². The first-order valence-electron chi connectivity index (χ1n) is 1.99. The molecule has 0 rings (SSSR count). The average Bonchev–Trinajstić information content (AvgIpc) is 1.35. The van der Waals surface area contributed by atoms with E-state index in [0.717, 1.165) is 0 Å². The predicted molar refractivity (Wildman–Crippen MR) is 28.8 cm³/mol. The third-order valence-electron chi connectivity index (χ3n) is 0.500. The van der Waals surface area contributed by atoms with E-state index in [4.69, 9.17) is 10.5 Å². The first-order valence-corrected chi connectivity index (χ1v) is 5.14. The van der Waals surface area contributed by atoms with Gasteiger partial charge >= 0.3 is 0 Å². The summed E-state index contributed by atoms with van der Waals surface area (Å²) in [7, 11) is -1.85. The molecule has 6 heavy (non-hydrogen) atoms. The fourth-order valence-corrected chi connectivity index (χ4v) is 0. The first kappa shape index (κ1) is 6.14. The molecule has 0 saturated heterocycles. The zero-order chi connectivity index (χ0) is 5.21. The van der Waals surface area contributed by atoms with Gasteiger partial charge in [0.1, 0.15) is 0 Å². The normalized spacial score (nSPS) is 12.0. The van der Waals surface area contributed by atoms with Crippen LogP contribution in [-0.2, 0) is 0 Å². The molecular formula is C3H11NOSi. The monoisotopic (exact) mass is 105 g/mol. The van der Waals surface area contributed by atoms with Crippen LogP contribution in [0.2, 0.25) is 13.1 Å². The fourth-order valence-electron chi connectivity index (χ4n) is 0. The van der Waals surface area contributed by atoms with Gasteiger partial charge in [-0.15, -0.1) is 0 Å². The Kier molecular flexibility index (Phi) is 1.77. The smallest absolute Gasteiger partial charge is 0.195 e. The van der Waals surface area contributed by atoms with Crippen molar-refractivity contribution in [3.8, 4) is 0 Å². The van der Waals surface area contributed by atoms with Crippen molar-refractivity contribution in [2.75, 3.05) is 6.17 Å². The van der Waals surface area contributed by atoms with Crippen molar-refractivity contribution >= 4 is 8.32 Å². The zero-order valence-electron chi connectivity index (χ0n) is 4.23. The van der Waals surface area contributed by atoms with Gasteiger partial charge in [0.05, 0.1) is 0 Å². The summed E-state index contributed by atoms with van der Waals surface area (Å²) < 4.78 is 0. The highest BCUT2D eigenvalue weighted by atomic mass is 28.4. The maximum atomic E-state index is 8.84. The summed E-state index contributed by atoms with van der Waals surface area (Å²) in [6.07, 6.45) is 0.465. The van der Waals surface area contributed by atoms with Gasteiger partial charge in [-0.1, -0.05) is 0 Å². The van der Waals surface area contributed by atoms with Crippen LogP contribution in [0.15, 0.2) is 0 Å². The molecule has 2 nitrogen and oxygen atoms in total. The van der Waals surface area contributed by atoms with E-state index >= 15 is 0 Å². The number of nitrogens with two attached hydrogens (primary N) is 1. The van der Waals surface area contributed by atoms with Crippen molar-refractivity contribution in [1.29, 1.82) is 0 Å². The molecule has 0 fully saturated rings. The Balaban J connectivity index is 3.17. The van der Waals surface area contributed by atoms with Crippen LogP contribution in [0.5, 0.6) is 0 Å². The summed E-state index contributed by atoms with van der Waals surface area (Å²) in [6, 6.07) is 0. The molecule has 0 heterocycles. The highest BCUT2D eigenvalue weighted by molar-refractivity contribution is 6.69. The van der Waals surface area contributed by atoms with E-state index in [2.05, 4.69) is 0 Å². The Morgan fingerprint density at radius 2 is 1.83 bits per heavy atom. The number of hydrogen-bond donors (Lipinski definition) is 2. The molecule has 0 radical (unpaired) electrons. The lowest BCUT2D eigenvalue weighted by Crippen LogP contribution is -2.35. The maximum Gasteiger partial charge on any atom is 0.195 e. The van der Waals surface area contributed by atoms with E-state index in [1.807, 2.05) is 13.1 Å². The SMILES string of the molecule is C[Si](C)(O)CN. The van der Waals surface area contributed by atoms with E-state index in [1.165, 1.54) is 0 Å². The van der Waals surface area contributed by atoms with E-state index < -0.39 is 8.32 Å². The second-order valence-corrected chi connectivity index (χ2v) is 6.05. The van der Waals surface area contributed by atoms with Crippen LogP contribution < -0.4 is 5.73 Å². The molecular weight excluding hydrogens is 94.1 g/mol. The standard InChI is InChI=1S/C3H11NOSi/c1-6(2,5)3-4/h5H,3-4H2,1-2H3. The van der Waals surface area contributed by atoms with Crippen molar-refractivity contribution in [2.24, 2.45) is 5.73 Å². The Morgan fingerprint density at radius 1 is 1.67 bits per heavy atom. The molecule has 0 saturated carbocycles. The minimum Gasteiger partial charge on any atom is -0.431 e. The average molecular weight is 105 g/mol. The van der Waals surface area contributed by atoms with Crippen molar-refractivity contribution in [1.82, 2.24) is 0 Å². The van der Waals surface area contributed by atoms with Crippen LogP contribution in [-0.4, -0.2) is 19.3 Å². The summed E-state index contributed by atoms with van der Waals surface area (Å²) in [6.45, 7) is 3.62. The minimum atomic E-state index is -1.85. The molecule has 0 amide bonds. The van der Waals surface area contributed by atoms with Crippen LogP contribution in [0.25, 0.3) is 0 Å². The van der Waals surface area contributed by atoms with E-state index in [9.17, 15) is 0 Å². The van der Waals surface area contributed by atoms with Gasteiger partial charge in [0.25, 0.3) is 0 Å². The molecule has 0 aliphatic carbocycles. The van der Waals surface area contributed by atoms with Crippen molar-refractivity contribution in [3.63, 3.8) is 0 Å².